The van der Waals surface area contributed by atoms with Gasteiger partial charge >= 0.3 is 0 Å². The van der Waals surface area contributed by atoms with Crippen molar-refractivity contribution in [1.82, 2.24) is 0 Å². The number of hydrogen-bond acceptors (Lipinski definition) is 1. The molecule has 0 radical (unpaired) electrons. The molecule has 0 amide bonds. The largest absolute Gasteiger partial charge is 0.375 e. The zero-order chi connectivity index (χ0) is 7.61. The van der Waals surface area contributed by atoms with Crippen LogP contribution in [0.3, 0.4) is 0 Å². The Balaban J connectivity index is 2.53. The van der Waals surface area contributed by atoms with Crippen LogP contribution in [-0.4, -0.2) is 12.2 Å². The van der Waals surface area contributed by atoms with Gasteiger partial charge in [-0.25, -0.2) is 0 Å². The van der Waals surface area contributed by atoms with Gasteiger partial charge < -0.3 is 4.74 Å². The normalized spacial score (nSPS) is 34.4. The highest BCUT2D eigenvalue weighted by atomic mass is 16.5. The van der Waals surface area contributed by atoms with Crippen molar-refractivity contribution in [1.29, 1.82) is 0 Å². The van der Waals surface area contributed by atoms with Crippen molar-refractivity contribution in [3.8, 4) is 0 Å². The summed E-state index contributed by atoms with van der Waals surface area (Å²) in [5.74, 6) is 0. The molecule has 1 nitrogen and oxygen atoms in total. The molecule has 0 aromatic heterocycles. The maximum atomic E-state index is 5.62. The van der Waals surface area contributed by atoms with E-state index in [9.17, 15) is 0 Å². The van der Waals surface area contributed by atoms with Gasteiger partial charge in [0.05, 0.1) is 12.2 Å². The highest BCUT2D eigenvalue weighted by molar-refractivity contribution is 5.03. The van der Waals surface area contributed by atoms with E-state index in [0.29, 0.717) is 0 Å². The molecule has 1 saturated heterocycles. The van der Waals surface area contributed by atoms with Gasteiger partial charge in [-0.2, -0.15) is 0 Å². The van der Waals surface area contributed by atoms with E-state index in [2.05, 4.69) is 20.4 Å². The molecule has 1 heterocycles. The predicted molar refractivity (Wildman–Crippen MR) is 43.0 cm³/mol. The average molecular weight is 140 g/mol. The quantitative estimate of drug-likeness (QED) is 0.508. The van der Waals surface area contributed by atoms with Gasteiger partial charge in [-0.1, -0.05) is 19.1 Å². The maximum absolute atomic E-state index is 5.62. The van der Waals surface area contributed by atoms with E-state index in [1.54, 1.807) is 0 Å². The van der Waals surface area contributed by atoms with E-state index in [1.165, 1.54) is 5.57 Å². The molecule has 1 aliphatic rings. The highest BCUT2D eigenvalue weighted by Gasteiger charge is 2.26. The summed E-state index contributed by atoms with van der Waals surface area (Å²) in [5, 5.41) is 0. The second kappa shape index (κ2) is 2.75. The van der Waals surface area contributed by atoms with Crippen LogP contribution in [0, 0.1) is 0 Å². The van der Waals surface area contributed by atoms with E-state index in [4.69, 9.17) is 4.74 Å². The van der Waals surface area contributed by atoms with Crippen LogP contribution < -0.4 is 0 Å². The standard InChI is InChI=1S/C9H16O/c1-4-9(3)7-8(2)5-6-10-9/h2,4-7H2,1,3H3. The fraction of sp³-hybridized carbons (Fsp3) is 0.778. The third kappa shape index (κ3) is 1.60. The van der Waals surface area contributed by atoms with E-state index < -0.39 is 0 Å². The minimum Gasteiger partial charge on any atom is -0.375 e. The molecule has 1 aliphatic heterocycles. The highest BCUT2D eigenvalue weighted by Crippen LogP contribution is 2.29. The smallest absolute Gasteiger partial charge is 0.0688 e. The molecule has 1 atom stereocenters. The summed E-state index contributed by atoms with van der Waals surface area (Å²) in [4.78, 5) is 0. The van der Waals surface area contributed by atoms with Gasteiger partial charge in [0.2, 0.25) is 0 Å². The third-order valence-electron chi connectivity index (χ3n) is 2.28. The number of hydrogen-bond donors (Lipinski definition) is 0. The second-order valence-electron chi connectivity index (χ2n) is 3.33. The summed E-state index contributed by atoms with van der Waals surface area (Å²) < 4.78 is 5.62. The van der Waals surface area contributed by atoms with Crippen LogP contribution in [0.5, 0.6) is 0 Å². The van der Waals surface area contributed by atoms with Gasteiger partial charge in [-0.3, -0.25) is 0 Å². The molecule has 1 unspecified atom stereocenters. The first-order valence-electron chi connectivity index (χ1n) is 3.97. The van der Waals surface area contributed by atoms with Crippen LogP contribution in [-0.2, 0) is 4.74 Å². The number of ether oxygens (including phenoxy) is 1. The van der Waals surface area contributed by atoms with Crippen LogP contribution in [0.15, 0.2) is 12.2 Å². The fourth-order valence-electron chi connectivity index (χ4n) is 1.34. The van der Waals surface area contributed by atoms with Gasteiger partial charge in [0.1, 0.15) is 0 Å². The predicted octanol–water partition coefficient (Wildman–Crippen LogP) is 2.52. The Kier molecular flexibility index (Phi) is 2.14. The third-order valence-corrected chi connectivity index (χ3v) is 2.28. The molecule has 0 aromatic carbocycles. The summed E-state index contributed by atoms with van der Waals surface area (Å²) in [6, 6.07) is 0. The molecular weight excluding hydrogens is 124 g/mol. The molecule has 58 valence electrons. The zero-order valence-electron chi connectivity index (χ0n) is 6.94. The Bertz CT molecular complexity index is 140. The molecule has 0 bridgehead atoms. The van der Waals surface area contributed by atoms with Crippen molar-refractivity contribution in [2.75, 3.05) is 6.61 Å². The van der Waals surface area contributed by atoms with E-state index in [0.717, 1.165) is 25.9 Å². The Labute approximate surface area is 63.1 Å². The molecule has 1 rings (SSSR count). The molecule has 10 heavy (non-hydrogen) atoms. The molecule has 0 N–H and O–H groups in total. The van der Waals surface area contributed by atoms with Crippen LogP contribution in [0.1, 0.15) is 33.1 Å². The van der Waals surface area contributed by atoms with Gasteiger partial charge in [0, 0.05) is 0 Å². The van der Waals surface area contributed by atoms with Crippen molar-refractivity contribution >= 4 is 0 Å². The molecule has 1 fully saturated rings. The second-order valence-corrected chi connectivity index (χ2v) is 3.33. The van der Waals surface area contributed by atoms with Crippen molar-refractivity contribution in [2.24, 2.45) is 0 Å². The molecule has 0 saturated carbocycles. The maximum Gasteiger partial charge on any atom is 0.0688 e. The van der Waals surface area contributed by atoms with Gasteiger partial charge in [-0.05, 0) is 26.2 Å². The first-order chi connectivity index (χ1) is 4.66. The summed E-state index contributed by atoms with van der Waals surface area (Å²) in [6.07, 6.45) is 3.19. The first-order valence-corrected chi connectivity index (χ1v) is 3.97. The lowest BCUT2D eigenvalue weighted by molar-refractivity contribution is -0.0496. The molecular formula is C9H16O. The Hall–Kier alpha value is -0.300. The summed E-state index contributed by atoms with van der Waals surface area (Å²) in [5.41, 5.74) is 1.44. The first kappa shape index (κ1) is 7.80. The molecule has 1 heteroatoms. The minimum atomic E-state index is 0.0926. The van der Waals surface area contributed by atoms with Crippen molar-refractivity contribution in [2.45, 2.75) is 38.7 Å². The summed E-state index contributed by atoms with van der Waals surface area (Å²) in [6.45, 7) is 9.17. The Morgan fingerprint density at radius 3 is 2.80 bits per heavy atom. The lowest BCUT2D eigenvalue weighted by Gasteiger charge is -2.34. The van der Waals surface area contributed by atoms with Crippen LogP contribution >= 0.6 is 0 Å². The summed E-state index contributed by atoms with van der Waals surface area (Å²) in [7, 11) is 0. The topological polar surface area (TPSA) is 9.23 Å². The van der Waals surface area contributed by atoms with E-state index in [1.807, 2.05) is 0 Å². The minimum absolute atomic E-state index is 0.0926. The van der Waals surface area contributed by atoms with Crippen LogP contribution in [0.4, 0.5) is 0 Å². The van der Waals surface area contributed by atoms with Gasteiger partial charge in [-0.15, -0.1) is 0 Å². The average Bonchev–Trinajstić information content (AvgIpc) is 1.88. The zero-order valence-corrected chi connectivity index (χ0v) is 6.94. The fourth-order valence-corrected chi connectivity index (χ4v) is 1.34. The Morgan fingerprint density at radius 1 is 1.70 bits per heavy atom. The van der Waals surface area contributed by atoms with Crippen molar-refractivity contribution in [3.63, 3.8) is 0 Å². The van der Waals surface area contributed by atoms with E-state index in [-0.39, 0.29) is 5.60 Å². The van der Waals surface area contributed by atoms with Gasteiger partial charge in [0.25, 0.3) is 0 Å². The SMILES string of the molecule is C=C1CCOC(C)(CC)C1. The van der Waals surface area contributed by atoms with Crippen LogP contribution in [0.2, 0.25) is 0 Å². The molecule has 0 spiro atoms. The van der Waals surface area contributed by atoms with Crippen molar-refractivity contribution < 1.29 is 4.74 Å². The van der Waals surface area contributed by atoms with E-state index >= 15 is 0 Å². The lowest BCUT2D eigenvalue weighted by atomic mass is 9.91. The van der Waals surface area contributed by atoms with Gasteiger partial charge in [0.15, 0.2) is 0 Å². The lowest BCUT2D eigenvalue weighted by Crippen LogP contribution is -2.32. The monoisotopic (exact) mass is 140 g/mol. The van der Waals surface area contributed by atoms with Crippen molar-refractivity contribution in [3.05, 3.63) is 12.2 Å². The number of rotatable bonds is 1. The summed E-state index contributed by atoms with van der Waals surface area (Å²) >= 11 is 0. The molecule has 0 aromatic rings. The Morgan fingerprint density at radius 2 is 2.40 bits per heavy atom. The molecule has 0 aliphatic carbocycles. The van der Waals surface area contributed by atoms with Crippen LogP contribution in [0.25, 0.3) is 0 Å².